The van der Waals surface area contributed by atoms with Gasteiger partial charge in [-0.25, -0.2) is 4.98 Å². The molecule has 6 heteroatoms. The highest BCUT2D eigenvalue weighted by Gasteiger charge is 2.14. The van der Waals surface area contributed by atoms with Crippen LogP contribution in [-0.4, -0.2) is 14.8 Å². The molecular weight excluding hydrogens is 295 g/mol. The van der Waals surface area contributed by atoms with Crippen LogP contribution in [0.5, 0.6) is 0 Å². The first-order valence-corrected chi connectivity index (χ1v) is 7.13. The van der Waals surface area contributed by atoms with Crippen LogP contribution >= 0.6 is 23.2 Å². The molecule has 0 aliphatic carbocycles. The van der Waals surface area contributed by atoms with Crippen molar-refractivity contribution in [3.05, 3.63) is 39.9 Å². The van der Waals surface area contributed by atoms with Crippen molar-refractivity contribution >= 4 is 28.9 Å². The molecule has 2 aromatic rings. The van der Waals surface area contributed by atoms with E-state index in [2.05, 4.69) is 36.2 Å². The van der Waals surface area contributed by atoms with E-state index in [0.717, 1.165) is 16.8 Å². The number of hydrogen-bond donors (Lipinski definition) is 1. The maximum absolute atomic E-state index is 6.10. The van der Waals surface area contributed by atoms with Gasteiger partial charge in [0.1, 0.15) is 5.15 Å². The molecule has 0 fully saturated rings. The number of halogens is 2. The molecule has 0 bridgehead atoms. The van der Waals surface area contributed by atoms with Crippen molar-refractivity contribution in [1.82, 2.24) is 14.8 Å². The highest BCUT2D eigenvalue weighted by atomic mass is 35.5. The zero-order chi connectivity index (χ0) is 14.9. The SMILES string of the molecule is Cc1cc(Cl)nc(Cl)c1NCc1cnn(C(C)(C)C)c1. The number of aryl methyl sites for hydroxylation is 1. The molecule has 0 aliphatic heterocycles. The molecule has 1 N–H and O–H groups in total. The molecule has 108 valence electrons. The number of anilines is 1. The molecule has 20 heavy (non-hydrogen) atoms. The van der Waals surface area contributed by atoms with Gasteiger partial charge in [-0.2, -0.15) is 5.10 Å². The third-order valence-corrected chi connectivity index (χ3v) is 3.40. The largest absolute Gasteiger partial charge is 0.378 e. The van der Waals surface area contributed by atoms with E-state index in [9.17, 15) is 0 Å². The first kappa shape index (κ1) is 15.1. The van der Waals surface area contributed by atoms with Gasteiger partial charge in [-0.15, -0.1) is 0 Å². The highest BCUT2D eigenvalue weighted by molar-refractivity contribution is 6.34. The summed E-state index contributed by atoms with van der Waals surface area (Å²) in [5, 5.41) is 8.44. The van der Waals surface area contributed by atoms with Gasteiger partial charge in [0.2, 0.25) is 0 Å². The van der Waals surface area contributed by atoms with Crippen LogP contribution in [0.3, 0.4) is 0 Å². The Balaban J connectivity index is 2.12. The Labute approximate surface area is 129 Å². The molecule has 0 saturated heterocycles. The van der Waals surface area contributed by atoms with Crippen molar-refractivity contribution in [2.75, 3.05) is 5.32 Å². The lowest BCUT2D eigenvalue weighted by atomic mass is 10.1. The van der Waals surface area contributed by atoms with Crippen LogP contribution in [0.1, 0.15) is 31.9 Å². The zero-order valence-corrected chi connectivity index (χ0v) is 13.5. The lowest BCUT2D eigenvalue weighted by Crippen LogP contribution is -2.22. The second-order valence-electron chi connectivity index (χ2n) is 5.75. The van der Waals surface area contributed by atoms with E-state index in [1.54, 1.807) is 6.07 Å². The average molecular weight is 313 g/mol. The van der Waals surface area contributed by atoms with E-state index >= 15 is 0 Å². The Kier molecular flexibility index (Phi) is 4.25. The van der Waals surface area contributed by atoms with E-state index in [1.165, 1.54) is 0 Å². The van der Waals surface area contributed by atoms with Crippen molar-refractivity contribution in [1.29, 1.82) is 0 Å². The number of rotatable bonds is 3. The topological polar surface area (TPSA) is 42.7 Å². The highest BCUT2D eigenvalue weighted by Crippen LogP contribution is 2.27. The first-order chi connectivity index (χ1) is 9.27. The molecule has 0 aliphatic rings. The van der Waals surface area contributed by atoms with Gasteiger partial charge in [0, 0.05) is 18.3 Å². The van der Waals surface area contributed by atoms with Gasteiger partial charge in [-0.3, -0.25) is 4.68 Å². The Bertz CT molecular complexity index is 591. The number of pyridine rings is 1. The lowest BCUT2D eigenvalue weighted by molar-refractivity contribution is 0.355. The summed E-state index contributed by atoms with van der Waals surface area (Å²) in [5.74, 6) is 0. The van der Waals surface area contributed by atoms with Crippen LogP contribution in [0.2, 0.25) is 10.3 Å². The van der Waals surface area contributed by atoms with Crippen LogP contribution in [-0.2, 0) is 12.1 Å². The van der Waals surface area contributed by atoms with E-state index in [4.69, 9.17) is 23.2 Å². The van der Waals surface area contributed by atoms with Crippen molar-refractivity contribution in [2.24, 2.45) is 0 Å². The normalized spacial score (nSPS) is 11.7. The van der Waals surface area contributed by atoms with Crippen molar-refractivity contribution < 1.29 is 0 Å². The van der Waals surface area contributed by atoms with Gasteiger partial charge in [-0.1, -0.05) is 23.2 Å². The summed E-state index contributed by atoms with van der Waals surface area (Å²) < 4.78 is 1.94. The van der Waals surface area contributed by atoms with Crippen LogP contribution in [0.4, 0.5) is 5.69 Å². The number of aromatic nitrogens is 3. The Morgan fingerprint density at radius 1 is 1.30 bits per heavy atom. The Hall–Kier alpha value is -1.26. The molecule has 0 atom stereocenters. The van der Waals surface area contributed by atoms with Gasteiger partial charge in [0.05, 0.1) is 17.4 Å². The van der Waals surface area contributed by atoms with Crippen molar-refractivity contribution in [3.63, 3.8) is 0 Å². The maximum Gasteiger partial charge on any atom is 0.154 e. The predicted octanol–water partition coefficient (Wildman–Crippen LogP) is 4.26. The fourth-order valence-electron chi connectivity index (χ4n) is 1.82. The van der Waals surface area contributed by atoms with Gasteiger partial charge >= 0.3 is 0 Å². The third kappa shape index (κ3) is 3.44. The van der Waals surface area contributed by atoms with Crippen LogP contribution in [0.25, 0.3) is 0 Å². The summed E-state index contributed by atoms with van der Waals surface area (Å²) in [6.45, 7) is 8.92. The minimum Gasteiger partial charge on any atom is -0.378 e. The number of nitrogens with one attached hydrogen (secondary N) is 1. The Morgan fingerprint density at radius 3 is 2.55 bits per heavy atom. The van der Waals surface area contributed by atoms with Gasteiger partial charge in [0.15, 0.2) is 5.15 Å². The molecule has 0 aromatic carbocycles. The summed E-state index contributed by atoms with van der Waals surface area (Å²) in [5.41, 5.74) is 2.84. The summed E-state index contributed by atoms with van der Waals surface area (Å²) in [6.07, 6.45) is 3.88. The zero-order valence-electron chi connectivity index (χ0n) is 12.0. The summed E-state index contributed by atoms with van der Waals surface area (Å²) >= 11 is 12.0. The fraction of sp³-hybridized carbons (Fsp3) is 0.429. The van der Waals surface area contributed by atoms with Crippen LogP contribution in [0.15, 0.2) is 18.5 Å². The van der Waals surface area contributed by atoms with Crippen LogP contribution in [0, 0.1) is 6.92 Å². The molecular formula is C14H18Cl2N4. The fourth-order valence-corrected chi connectivity index (χ4v) is 2.41. The van der Waals surface area contributed by atoms with Gasteiger partial charge < -0.3 is 5.32 Å². The second kappa shape index (κ2) is 5.62. The monoisotopic (exact) mass is 312 g/mol. The smallest absolute Gasteiger partial charge is 0.154 e. The summed E-state index contributed by atoms with van der Waals surface area (Å²) in [7, 11) is 0. The maximum atomic E-state index is 6.10. The minimum atomic E-state index is -0.0202. The molecule has 2 aromatic heterocycles. The average Bonchev–Trinajstić information content (AvgIpc) is 2.75. The second-order valence-corrected chi connectivity index (χ2v) is 6.49. The van der Waals surface area contributed by atoms with Gasteiger partial charge in [0.25, 0.3) is 0 Å². The summed E-state index contributed by atoms with van der Waals surface area (Å²) in [6, 6.07) is 1.79. The molecule has 2 heterocycles. The molecule has 0 amide bonds. The van der Waals surface area contributed by atoms with E-state index < -0.39 is 0 Å². The van der Waals surface area contributed by atoms with Gasteiger partial charge in [-0.05, 0) is 39.3 Å². The number of hydrogen-bond acceptors (Lipinski definition) is 3. The predicted molar refractivity (Wildman–Crippen MR) is 83.5 cm³/mol. The van der Waals surface area contributed by atoms with E-state index in [0.29, 0.717) is 16.9 Å². The van der Waals surface area contributed by atoms with Crippen molar-refractivity contribution in [2.45, 2.75) is 39.8 Å². The summed E-state index contributed by atoms with van der Waals surface area (Å²) in [4.78, 5) is 4.04. The Morgan fingerprint density at radius 2 is 2.00 bits per heavy atom. The first-order valence-electron chi connectivity index (χ1n) is 6.38. The molecule has 0 radical (unpaired) electrons. The molecule has 0 unspecified atom stereocenters. The molecule has 4 nitrogen and oxygen atoms in total. The lowest BCUT2D eigenvalue weighted by Gasteiger charge is -2.18. The van der Waals surface area contributed by atoms with Crippen LogP contribution < -0.4 is 5.32 Å². The third-order valence-electron chi connectivity index (χ3n) is 2.93. The quantitative estimate of drug-likeness (QED) is 0.861. The molecule has 2 rings (SSSR count). The molecule has 0 saturated carbocycles. The standard InChI is InChI=1S/C14H18Cl2N4/c1-9-5-11(15)19-13(16)12(9)17-6-10-7-18-20(8-10)14(2,3)4/h5,7-8,17H,6H2,1-4H3. The number of nitrogens with zero attached hydrogens (tertiary/aromatic N) is 3. The van der Waals surface area contributed by atoms with Crippen molar-refractivity contribution in [3.8, 4) is 0 Å². The van der Waals surface area contributed by atoms with E-state index in [1.807, 2.05) is 24.0 Å². The molecule has 0 spiro atoms. The minimum absolute atomic E-state index is 0.0202. The van der Waals surface area contributed by atoms with E-state index in [-0.39, 0.29) is 5.54 Å².